The predicted octanol–water partition coefficient (Wildman–Crippen LogP) is 3.85. The van der Waals surface area contributed by atoms with Gasteiger partial charge in [-0.25, -0.2) is 4.79 Å². The van der Waals surface area contributed by atoms with E-state index in [1.54, 1.807) is 36.4 Å². The van der Waals surface area contributed by atoms with Crippen LogP contribution in [0.25, 0.3) is 0 Å². The van der Waals surface area contributed by atoms with Crippen LogP contribution in [0.2, 0.25) is 5.02 Å². The van der Waals surface area contributed by atoms with Crippen molar-refractivity contribution in [1.82, 2.24) is 0 Å². The molecule has 3 nitrogen and oxygen atoms in total. The van der Waals surface area contributed by atoms with E-state index in [1.165, 1.54) is 0 Å². The Morgan fingerprint density at radius 1 is 1.11 bits per heavy atom. The molecule has 0 aliphatic carbocycles. The normalized spacial score (nSPS) is 11.9. The van der Waals surface area contributed by atoms with E-state index in [9.17, 15) is 9.90 Å². The molecule has 0 bridgehead atoms. The Balaban J connectivity index is 2.23. The van der Waals surface area contributed by atoms with Gasteiger partial charge < -0.3 is 9.84 Å². The Bertz CT molecular complexity index is 561. The molecule has 0 aliphatic rings. The Morgan fingerprint density at radius 2 is 1.68 bits per heavy atom. The molecule has 2 aromatic carbocycles. The lowest BCUT2D eigenvalue weighted by atomic mass is 10.1. The summed E-state index contributed by atoms with van der Waals surface area (Å²) in [6.45, 7) is 1.96. The molecule has 2 rings (SSSR count). The van der Waals surface area contributed by atoms with Gasteiger partial charge in [-0.3, -0.25) is 0 Å². The van der Waals surface area contributed by atoms with Gasteiger partial charge in [0.05, 0.1) is 0 Å². The average Bonchev–Trinajstić information content (AvgIpc) is 2.39. The van der Waals surface area contributed by atoms with Crippen molar-refractivity contribution in [3.8, 4) is 5.75 Å². The summed E-state index contributed by atoms with van der Waals surface area (Å²) in [6, 6.07) is 13.8. The number of carboxylic acids is 1. The molecule has 0 aromatic heterocycles. The van der Waals surface area contributed by atoms with Crippen LogP contribution in [0.4, 0.5) is 0 Å². The molecule has 98 valence electrons. The van der Waals surface area contributed by atoms with Crippen molar-refractivity contribution < 1.29 is 14.6 Å². The first-order valence-corrected chi connectivity index (χ1v) is 6.15. The molecule has 0 spiro atoms. The molecule has 0 saturated carbocycles. The van der Waals surface area contributed by atoms with Gasteiger partial charge >= 0.3 is 5.97 Å². The molecular formula is C15H13ClO3. The molecule has 0 fully saturated rings. The second-order valence-corrected chi connectivity index (χ2v) is 4.64. The zero-order chi connectivity index (χ0) is 13.8. The maximum Gasteiger partial charge on any atom is 0.349 e. The van der Waals surface area contributed by atoms with E-state index in [2.05, 4.69) is 0 Å². The third-order valence-corrected chi connectivity index (χ3v) is 2.92. The first-order valence-electron chi connectivity index (χ1n) is 5.78. The number of benzene rings is 2. The number of aliphatic carboxylic acids is 1. The van der Waals surface area contributed by atoms with Gasteiger partial charge in [0.25, 0.3) is 0 Å². The van der Waals surface area contributed by atoms with Gasteiger partial charge in [0.1, 0.15) is 5.75 Å². The van der Waals surface area contributed by atoms with Crippen LogP contribution in [0.3, 0.4) is 0 Å². The van der Waals surface area contributed by atoms with Gasteiger partial charge in [-0.15, -0.1) is 0 Å². The van der Waals surface area contributed by atoms with Gasteiger partial charge in [0, 0.05) is 10.6 Å². The van der Waals surface area contributed by atoms with Crippen molar-refractivity contribution in [2.24, 2.45) is 0 Å². The van der Waals surface area contributed by atoms with E-state index in [4.69, 9.17) is 16.3 Å². The van der Waals surface area contributed by atoms with Gasteiger partial charge in [0.2, 0.25) is 6.10 Å². The molecule has 19 heavy (non-hydrogen) atoms. The van der Waals surface area contributed by atoms with Crippen LogP contribution in [0.15, 0.2) is 48.5 Å². The molecule has 0 amide bonds. The van der Waals surface area contributed by atoms with Crippen LogP contribution in [0.1, 0.15) is 17.2 Å². The third-order valence-electron chi connectivity index (χ3n) is 2.67. The zero-order valence-corrected chi connectivity index (χ0v) is 11.1. The first kappa shape index (κ1) is 13.4. The zero-order valence-electron chi connectivity index (χ0n) is 10.3. The molecule has 0 unspecified atom stereocenters. The van der Waals surface area contributed by atoms with Crippen LogP contribution in [0.5, 0.6) is 5.75 Å². The smallest absolute Gasteiger partial charge is 0.349 e. The third kappa shape index (κ3) is 3.48. The Morgan fingerprint density at radius 3 is 2.21 bits per heavy atom. The molecule has 4 heteroatoms. The number of hydrogen-bond donors (Lipinski definition) is 1. The van der Waals surface area contributed by atoms with Crippen molar-refractivity contribution in [2.75, 3.05) is 0 Å². The standard InChI is InChI=1S/C15H13ClO3/c1-10-2-8-13(9-3-10)19-14(15(17)18)11-4-6-12(16)7-5-11/h2-9,14H,1H3,(H,17,18)/t14-/m0/s1. The SMILES string of the molecule is Cc1ccc(O[C@H](C(=O)O)c2ccc(Cl)cc2)cc1. The number of carbonyl (C=O) groups is 1. The lowest BCUT2D eigenvalue weighted by Gasteiger charge is -2.15. The van der Waals surface area contributed by atoms with E-state index in [0.29, 0.717) is 16.3 Å². The van der Waals surface area contributed by atoms with Crippen LogP contribution < -0.4 is 4.74 Å². The van der Waals surface area contributed by atoms with Gasteiger partial charge in [-0.1, -0.05) is 41.4 Å². The number of carboxylic acid groups (broad SMARTS) is 1. The van der Waals surface area contributed by atoms with Gasteiger partial charge in [-0.2, -0.15) is 0 Å². The number of rotatable bonds is 4. The van der Waals surface area contributed by atoms with Gasteiger partial charge in [0.15, 0.2) is 0 Å². The highest BCUT2D eigenvalue weighted by Crippen LogP contribution is 2.24. The maximum atomic E-state index is 11.3. The van der Waals surface area contributed by atoms with E-state index < -0.39 is 12.1 Å². The highest BCUT2D eigenvalue weighted by Gasteiger charge is 2.21. The monoisotopic (exact) mass is 276 g/mol. The van der Waals surface area contributed by atoms with Crippen molar-refractivity contribution in [3.63, 3.8) is 0 Å². The summed E-state index contributed by atoms with van der Waals surface area (Å²) in [4.78, 5) is 11.3. The number of ether oxygens (including phenoxy) is 1. The topological polar surface area (TPSA) is 46.5 Å². The quantitative estimate of drug-likeness (QED) is 0.922. The predicted molar refractivity (Wildman–Crippen MR) is 73.6 cm³/mol. The molecular weight excluding hydrogens is 264 g/mol. The molecule has 0 saturated heterocycles. The Hall–Kier alpha value is -2.00. The Labute approximate surface area is 116 Å². The number of aryl methyl sites for hydroxylation is 1. The Kier molecular flexibility index (Phi) is 4.07. The highest BCUT2D eigenvalue weighted by atomic mass is 35.5. The van der Waals surface area contributed by atoms with Crippen LogP contribution in [0, 0.1) is 6.92 Å². The van der Waals surface area contributed by atoms with Crippen molar-refractivity contribution >= 4 is 17.6 Å². The van der Waals surface area contributed by atoms with E-state index in [-0.39, 0.29) is 0 Å². The van der Waals surface area contributed by atoms with Gasteiger partial charge in [-0.05, 0) is 31.2 Å². The number of hydrogen-bond acceptors (Lipinski definition) is 2. The van der Waals surface area contributed by atoms with Crippen LogP contribution in [-0.4, -0.2) is 11.1 Å². The maximum absolute atomic E-state index is 11.3. The van der Waals surface area contributed by atoms with Crippen LogP contribution in [-0.2, 0) is 4.79 Å². The summed E-state index contributed by atoms with van der Waals surface area (Å²) in [7, 11) is 0. The summed E-state index contributed by atoms with van der Waals surface area (Å²) in [5.74, 6) is -0.518. The lowest BCUT2D eigenvalue weighted by molar-refractivity contribution is -0.145. The van der Waals surface area contributed by atoms with Crippen LogP contribution >= 0.6 is 11.6 Å². The molecule has 0 heterocycles. The molecule has 1 atom stereocenters. The fraction of sp³-hybridized carbons (Fsp3) is 0.133. The minimum atomic E-state index is -1.04. The molecule has 0 radical (unpaired) electrons. The lowest BCUT2D eigenvalue weighted by Crippen LogP contribution is -2.18. The second kappa shape index (κ2) is 5.76. The molecule has 0 aliphatic heterocycles. The van der Waals surface area contributed by atoms with E-state index in [0.717, 1.165) is 5.56 Å². The molecule has 2 aromatic rings. The second-order valence-electron chi connectivity index (χ2n) is 4.20. The van der Waals surface area contributed by atoms with E-state index in [1.807, 2.05) is 19.1 Å². The fourth-order valence-corrected chi connectivity index (χ4v) is 1.78. The highest BCUT2D eigenvalue weighted by molar-refractivity contribution is 6.30. The summed E-state index contributed by atoms with van der Waals surface area (Å²) in [6.07, 6.45) is -1.04. The minimum Gasteiger partial charge on any atom is -0.478 e. The summed E-state index contributed by atoms with van der Waals surface area (Å²) in [5, 5.41) is 9.81. The number of halogens is 1. The first-order chi connectivity index (χ1) is 9.06. The average molecular weight is 277 g/mol. The van der Waals surface area contributed by atoms with Crippen molar-refractivity contribution in [3.05, 3.63) is 64.7 Å². The molecule has 1 N–H and O–H groups in total. The summed E-state index contributed by atoms with van der Waals surface area (Å²) >= 11 is 5.79. The summed E-state index contributed by atoms with van der Waals surface area (Å²) < 4.78 is 5.51. The van der Waals surface area contributed by atoms with Crippen molar-refractivity contribution in [2.45, 2.75) is 13.0 Å². The minimum absolute atomic E-state index is 0.521. The fourth-order valence-electron chi connectivity index (χ4n) is 1.65. The van der Waals surface area contributed by atoms with E-state index >= 15 is 0 Å². The largest absolute Gasteiger partial charge is 0.478 e. The van der Waals surface area contributed by atoms with Crippen molar-refractivity contribution in [1.29, 1.82) is 0 Å². The summed E-state index contributed by atoms with van der Waals surface area (Å²) in [5.41, 5.74) is 1.64.